The zero-order valence-electron chi connectivity index (χ0n) is 32.8. The van der Waals surface area contributed by atoms with Crippen molar-refractivity contribution in [1.82, 2.24) is 14.9 Å². The van der Waals surface area contributed by atoms with E-state index in [1.165, 1.54) is 36.1 Å². The molecule has 1 saturated carbocycles. The van der Waals surface area contributed by atoms with Gasteiger partial charge in [0.1, 0.15) is 24.0 Å². The van der Waals surface area contributed by atoms with Crippen molar-refractivity contribution in [3.63, 3.8) is 0 Å². The van der Waals surface area contributed by atoms with Gasteiger partial charge in [0.15, 0.2) is 28.6 Å². The number of anilines is 2. The van der Waals surface area contributed by atoms with E-state index in [-0.39, 0.29) is 98.9 Å². The maximum atomic E-state index is 15.8. The van der Waals surface area contributed by atoms with Crippen LogP contribution >= 0.6 is 7.82 Å². The number of hydrogen-bond donors (Lipinski definition) is 1. The van der Waals surface area contributed by atoms with E-state index < -0.39 is 37.3 Å². The molecule has 0 radical (unpaired) electrons. The number of rotatable bonds is 16. The van der Waals surface area contributed by atoms with E-state index >= 15 is 8.78 Å². The van der Waals surface area contributed by atoms with Gasteiger partial charge in [0.2, 0.25) is 5.91 Å². The number of nitrogens with zero attached hydrogens (tertiary/aromatic N) is 4. The largest absolute Gasteiger partial charge is 0.487 e. The molecule has 0 spiro atoms. The molecule has 2 saturated heterocycles. The van der Waals surface area contributed by atoms with Crippen molar-refractivity contribution in [2.45, 2.75) is 63.6 Å². The lowest BCUT2D eigenvalue weighted by molar-refractivity contribution is -0.119. The second-order valence-corrected chi connectivity index (χ2v) is 16.8. The standard InChI is InChI=1S/C43H44F2N5O9P/c1-29(51)46-24-34-25-50(42(53)58-34)33-14-15-39(36(44)22-33)55-28-43(59-60(54,56-26-30-8-4-2-5-9-30)57-27-31-10-6-3-7-11-31)17-20-48(21-18-43)41-37(45)23-35-38(52)16-19-49(32-12-13-32)40(35)47-41/h2-11,14-16,19,22-23,32,34H,12-13,17-18,20-21,24-28H2,1H3,(H,46,51)/t34-/m0/s1. The highest BCUT2D eigenvalue weighted by Crippen LogP contribution is 2.56. The van der Waals surface area contributed by atoms with Gasteiger partial charge in [-0.05, 0) is 55.0 Å². The third-order valence-electron chi connectivity index (χ3n) is 10.7. The van der Waals surface area contributed by atoms with E-state index in [0.717, 1.165) is 30.0 Å². The molecular weight excluding hydrogens is 799 g/mol. The average molecular weight is 844 g/mol. The van der Waals surface area contributed by atoms with Gasteiger partial charge >= 0.3 is 13.9 Å². The number of fused-ring (bicyclic) bond motifs is 1. The number of phosphoric ester groups is 1. The van der Waals surface area contributed by atoms with Crippen LogP contribution in [0.5, 0.6) is 5.75 Å². The monoisotopic (exact) mass is 843 g/mol. The number of benzene rings is 3. The Morgan fingerprint density at radius 2 is 1.58 bits per heavy atom. The Kier molecular flexibility index (Phi) is 12.0. The zero-order valence-corrected chi connectivity index (χ0v) is 33.7. The van der Waals surface area contributed by atoms with E-state index in [2.05, 4.69) is 10.3 Å². The molecule has 1 N–H and O–H groups in total. The normalized spacial score (nSPS) is 17.8. The summed E-state index contributed by atoms with van der Waals surface area (Å²) in [6.45, 7) is 1.33. The van der Waals surface area contributed by atoms with Crippen LogP contribution in [0.4, 0.5) is 25.1 Å². The Morgan fingerprint density at radius 3 is 2.20 bits per heavy atom. The minimum Gasteiger partial charge on any atom is -0.487 e. The minimum absolute atomic E-state index is 0.0576. The average Bonchev–Trinajstić information content (AvgIpc) is 4.03. The number of nitrogens with one attached hydrogen (secondary N) is 1. The Hall–Kier alpha value is -5.67. The Labute approximate surface area is 344 Å². The molecule has 3 fully saturated rings. The predicted molar refractivity (Wildman–Crippen MR) is 218 cm³/mol. The molecular formula is C43H44F2N5O9P. The van der Waals surface area contributed by atoms with Crippen LogP contribution in [-0.2, 0) is 40.9 Å². The van der Waals surface area contributed by atoms with Crippen LogP contribution in [-0.4, -0.2) is 66.0 Å². The lowest BCUT2D eigenvalue weighted by atomic mass is 9.92. The number of amides is 2. The quantitative estimate of drug-likeness (QED) is 0.0988. The first kappa shape index (κ1) is 41.1. The lowest BCUT2D eigenvalue weighted by Crippen LogP contribution is -2.50. The molecule has 14 nitrogen and oxygen atoms in total. The number of carbonyl (C=O) groups is 2. The van der Waals surface area contributed by atoms with Crippen LogP contribution in [0.15, 0.2) is 102 Å². The summed E-state index contributed by atoms with van der Waals surface area (Å²) in [5.74, 6) is -1.83. The fraction of sp³-hybridized carbons (Fsp3) is 0.349. The number of halogens is 2. The predicted octanol–water partition coefficient (Wildman–Crippen LogP) is 7.45. The third kappa shape index (κ3) is 9.52. The van der Waals surface area contributed by atoms with Crippen LogP contribution in [0.1, 0.15) is 49.8 Å². The lowest BCUT2D eigenvalue weighted by Gasteiger charge is -2.42. The number of phosphoric acid groups is 1. The number of piperidine rings is 1. The summed E-state index contributed by atoms with van der Waals surface area (Å²) in [5, 5.41) is 2.80. The Balaban J connectivity index is 1.06. The molecule has 4 heterocycles. The molecule has 2 aliphatic heterocycles. The van der Waals surface area contributed by atoms with E-state index in [0.29, 0.717) is 5.65 Å². The smallest absolute Gasteiger partial charge is 0.476 e. The molecule has 8 rings (SSSR count). The number of pyridine rings is 2. The maximum absolute atomic E-state index is 15.8. The molecule has 17 heteroatoms. The number of hydrogen-bond acceptors (Lipinski definition) is 11. The first-order valence-corrected chi connectivity index (χ1v) is 21.2. The highest BCUT2D eigenvalue weighted by atomic mass is 31.2. The molecule has 0 unspecified atom stereocenters. The van der Waals surface area contributed by atoms with Crippen molar-refractivity contribution >= 4 is 42.4 Å². The van der Waals surface area contributed by atoms with E-state index in [4.69, 9.17) is 23.0 Å². The molecule has 5 aromatic rings. The van der Waals surface area contributed by atoms with Crippen LogP contribution in [0.2, 0.25) is 0 Å². The van der Waals surface area contributed by atoms with Gasteiger partial charge < -0.3 is 24.3 Å². The van der Waals surface area contributed by atoms with Gasteiger partial charge in [-0.3, -0.25) is 28.1 Å². The second kappa shape index (κ2) is 17.5. The van der Waals surface area contributed by atoms with Crippen molar-refractivity contribution < 1.29 is 46.0 Å². The van der Waals surface area contributed by atoms with Gasteiger partial charge in [0, 0.05) is 44.4 Å². The van der Waals surface area contributed by atoms with Gasteiger partial charge in [-0.15, -0.1) is 0 Å². The van der Waals surface area contributed by atoms with Gasteiger partial charge in [-0.1, -0.05) is 60.7 Å². The van der Waals surface area contributed by atoms with Crippen LogP contribution in [0.3, 0.4) is 0 Å². The molecule has 314 valence electrons. The van der Waals surface area contributed by atoms with Crippen molar-refractivity contribution in [1.29, 1.82) is 0 Å². The van der Waals surface area contributed by atoms with Gasteiger partial charge in [0.05, 0.1) is 37.4 Å². The summed E-state index contributed by atoms with van der Waals surface area (Å²) in [5.41, 5.74) is 0.325. The summed E-state index contributed by atoms with van der Waals surface area (Å²) in [6, 6.07) is 25.1. The van der Waals surface area contributed by atoms with Gasteiger partial charge in [0.25, 0.3) is 0 Å². The molecule has 2 amide bonds. The van der Waals surface area contributed by atoms with Gasteiger partial charge in [-0.25, -0.2) is 23.1 Å². The van der Waals surface area contributed by atoms with Crippen LogP contribution in [0.25, 0.3) is 11.0 Å². The summed E-state index contributed by atoms with van der Waals surface area (Å²) < 4.78 is 78.2. The highest BCUT2D eigenvalue weighted by molar-refractivity contribution is 7.48. The van der Waals surface area contributed by atoms with Gasteiger partial charge in [-0.2, -0.15) is 0 Å². The van der Waals surface area contributed by atoms with Crippen LogP contribution < -0.4 is 25.3 Å². The maximum Gasteiger partial charge on any atom is 0.476 e. The third-order valence-corrected chi connectivity index (χ3v) is 12.2. The van der Waals surface area contributed by atoms with Crippen molar-refractivity contribution in [2.75, 3.05) is 42.6 Å². The van der Waals surface area contributed by atoms with E-state index in [1.54, 1.807) is 11.1 Å². The van der Waals surface area contributed by atoms with Crippen molar-refractivity contribution in [3.8, 4) is 5.75 Å². The SMILES string of the molecule is CC(=O)NC[C@H]1CN(c2ccc(OCC3(OP(=O)(OCc4ccccc4)OCc4ccccc4)CCN(c4nc5c(cc4F)c(=O)ccn5C4CC4)CC3)c(F)c2)C(=O)O1. The van der Waals surface area contributed by atoms with Crippen molar-refractivity contribution in [3.05, 3.63) is 130 Å². The molecule has 3 aliphatic rings. The fourth-order valence-electron chi connectivity index (χ4n) is 7.28. The first-order chi connectivity index (χ1) is 29.0. The highest BCUT2D eigenvalue weighted by Gasteiger charge is 2.46. The molecule has 0 bridgehead atoms. The van der Waals surface area contributed by atoms with E-state index in [1.807, 2.05) is 65.2 Å². The molecule has 60 heavy (non-hydrogen) atoms. The van der Waals surface area contributed by atoms with Crippen molar-refractivity contribution in [2.24, 2.45) is 0 Å². The minimum atomic E-state index is -4.42. The molecule has 2 aromatic heterocycles. The molecule has 1 atom stereocenters. The summed E-state index contributed by atoms with van der Waals surface area (Å²) in [4.78, 5) is 44.4. The fourth-order valence-corrected chi connectivity index (χ4v) is 8.78. The summed E-state index contributed by atoms with van der Waals surface area (Å²) >= 11 is 0. The molecule has 1 aliphatic carbocycles. The topological polar surface area (TPSA) is 151 Å². The molecule has 3 aromatic carbocycles. The summed E-state index contributed by atoms with van der Waals surface area (Å²) in [7, 11) is -4.42. The Morgan fingerprint density at radius 1 is 0.917 bits per heavy atom. The van der Waals surface area contributed by atoms with E-state index in [9.17, 15) is 18.9 Å². The number of aromatic nitrogens is 2. The number of cyclic esters (lactones) is 1. The first-order valence-electron chi connectivity index (χ1n) is 19.8. The number of carbonyl (C=O) groups excluding carboxylic acids is 2. The Bertz CT molecular complexity index is 2420. The summed E-state index contributed by atoms with van der Waals surface area (Å²) in [6.07, 6.45) is 2.45. The zero-order chi connectivity index (χ0) is 41.9. The van der Waals surface area contributed by atoms with Crippen LogP contribution in [0, 0.1) is 11.6 Å². The number of ether oxygens (including phenoxy) is 2. The second-order valence-electron chi connectivity index (χ2n) is 15.2.